The van der Waals surface area contributed by atoms with Crippen LogP contribution in [0.3, 0.4) is 0 Å². The second-order valence-electron chi connectivity index (χ2n) is 5.91. The van der Waals surface area contributed by atoms with Gasteiger partial charge in [-0.2, -0.15) is 0 Å². The molecule has 0 amide bonds. The Bertz CT molecular complexity index is 383. The molecule has 1 heterocycles. The molecule has 1 fully saturated rings. The van der Waals surface area contributed by atoms with Gasteiger partial charge in [-0.05, 0) is 31.6 Å². The summed E-state index contributed by atoms with van der Waals surface area (Å²) in [6, 6.07) is 0. The summed E-state index contributed by atoms with van der Waals surface area (Å²) in [6.07, 6.45) is 7.66. The monoisotopic (exact) mass is 330 g/mol. The molecule has 1 aliphatic rings. The van der Waals surface area contributed by atoms with E-state index in [1.807, 2.05) is 11.3 Å². The number of rotatable bonds is 5. The lowest BCUT2D eigenvalue weighted by molar-refractivity contribution is 0.343. The maximum Gasteiger partial charge on any atom is 0.131 e. The third kappa shape index (κ3) is 2.96. The molecule has 1 atom stereocenters. The molecule has 1 aliphatic carbocycles. The standard InChI is InChI=1S/C14H23BrN2S/c1-4-11(15)12-16-17-13(18-12)14(9-10(2)3)7-5-6-8-14/h10-11H,4-9H2,1-3H3. The first kappa shape index (κ1) is 14.4. The second-order valence-corrected chi connectivity index (χ2v) is 8.02. The van der Waals surface area contributed by atoms with Crippen LogP contribution in [-0.4, -0.2) is 10.2 Å². The molecule has 0 bridgehead atoms. The average molecular weight is 331 g/mol. The van der Waals surface area contributed by atoms with Crippen molar-refractivity contribution in [3.05, 3.63) is 10.0 Å². The topological polar surface area (TPSA) is 25.8 Å². The van der Waals surface area contributed by atoms with Crippen LogP contribution < -0.4 is 0 Å². The maximum atomic E-state index is 4.53. The Morgan fingerprint density at radius 3 is 2.50 bits per heavy atom. The van der Waals surface area contributed by atoms with E-state index in [-0.39, 0.29) is 0 Å². The van der Waals surface area contributed by atoms with Gasteiger partial charge < -0.3 is 0 Å². The summed E-state index contributed by atoms with van der Waals surface area (Å²) >= 11 is 5.52. The minimum Gasteiger partial charge on any atom is -0.143 e. The van der Waals surface area contributed by atoms with Gasteiger partial charge in [0.25, 0.3) is 0 Å². The van der Waals surface area contributed by atoms with Crippen LogP contribution in [-0.2, 0) is 5.41 Å². The van der Waals surface area contributed by atoms with Gasteiger partial charge in [0.05, 0.1) is 4.83 Å². The van der Waals surface area contributed by atoms with E-state index in [0.29, 0.717) is 10.2 Å². The molecule has 18 heavy (non-hydrogen) atoms. The molecular weight excluding hydrogens is 308 g/mol. The molecule has 1 saturated carbocycles. The minimum absolute atomic E-state index is 0.338. The fourth-order valence-corrected chi connectivity index (χ4v) is 4.62. The largest absolute Gasteiger partial charge is 0.143 e. The van der Waals surface area contributed by atoms with E-state index >= 15 is 0 Å². The van der Waals surface area contributed by atoms with E-state index in [2.05, 4.69) is 46.9 Å². The number of nitrogens with zero attached hydrogens (tertiary/aromatic N) is 2. The summed E-state index contributed by atoms with van der Waals surface area (Å²) < 4.78 is 0. The summed E-state index contributed by atoms with van der Waals surface area (Å²) in [5.41, 5.74) is 0.338. The zero-order valence-corrected chi connectivity index (χ0v) is 14.0. The van der Waals surface area contributed by atoms with Crippen molar-refractivity contribution < 1.29 is 0 Å². The zero-order valence-electron chi connectivity index (χ0n) is 11.6. The predicted octanol–water partition coefficient (Wildman–Crippen LogP) is 5.24. The Morgan fingerprint density at radius 1 is 1.28 bits per heavy atom. The van der Waals surface area contributed by atoms with Gasteiger partial charge in [0.2, 0.25) is 0 Å². The van der Waals surface area contributed by atoms with Gasteiger partial charge in [-0.1, -0.05) is 60.9 Å². The van der Waals surface area contributed by atoms with Crippen LogP contribution >= 0.6 is 27.3 Å². The van der Waals surface area contributed by atoms with Gasteiger partial charge in [0.1, 0.15) is 10.0 Å². The molecule has 2 nitrogen and oxygen atoms in total. The van der Waals surface area contributed by atoms with E-state index in [1.54, 1.807) is 0 Å². The minimum atomic E-state index is 0.338. The van der Waals surface area contributed by atoms with E-state index < -0.39 is 0 Å². The molecule has 0 saturated heterocycles. The molecule has 1 aromatic rings. The van der Waals surface area contributed by atoms with Gasteiger partial charge in [0, 0.05) is 5.41 Å². The van der Waals surface area contributed by atoms with Crippen molar-refractivity contribution in [3.63, 3.8) is 0 Å². The smallest absolute Gasteiger partial charge is 0.131 e. The Labute approximate surface area is 123 Å². The van der Waals surface area contributed by atoms with Crippen molar-refractivity contribution in [2.75, 3.05) is 0 Å². The molecule has 1 aromatic heterocycles. The normalized spacial score (nSPS) is 20.5. The zero-order chi connectivity index (χ0) is 13.2. The van der Waals surface area contributed by atoms with Crippen LogP contribution in [0, 0.1) is 5.92 Å². The molecule has 0 radical (unpaired) electrons. The van der Waals surface area contributed by atoms with Crippen molar-refractivity contribution in [2.24, 2.45) is 5.92 Å². The summed E-state index contributed by atoms with van der Waals surface area (Å²) in [5.74, 6) is 0.737. The van der Waals surface area contributed by atoms with Crippen LogP contribution in [0.1, 0.15) is 74.1 Å². The predicted molar refractivity (Wildman–Crippen MR) is 81.5 cm³/mol. The lowest BCUT2D eigenvalue weighted by Crippen LogP contribution is -2.24. The molecule has 102 valence electrons. The fraction of sp³-hybridized carbons (Fsp3) is 0.857. The van der Waals surface area contributed by atoms with Crippen molar-refractivity contribution in [2.45, 2.75) is 69.5 Å². The Balaban J connectivity index is 2.23. The third-order valence-corrected chi connectivity index (χ3v) is 6.55. The van der Waals surface area contributed by atoms with Crippen LogP contribution in [0.25, 0.3) is 0 Å². The molecule has 0 aliphatic heterocycles. The maximum absolute atomic E-state index is 4.53. The van der Waals surface area contributed by atoms with E-state index in [9.17, 15) is 0 Å². The van der Waals surface area contributed by atoms with E-state index in [1.165, 1.54) is 37.1 Å². The fourth-order valence-electron chi connectivity index (χ4n) is 3.09. The van der Waals surface area contributed by atoms with E-state index in [0.717, 1.165) is 17.3 Å². The number of hydrogen-bond donors (Lipinski definition) is 0. The Hall–Kier alpha value is 0.0400. The number of halogens is 1. The van der Waals surface area contributed by atoms with Crippen LogP contribution in [0.2, 0.25) is 0 Å². The van der Waals surface area contributed by atoms with Gasteiger partial charge in [0.15, 0.2) is 0 Å². The van der Waals surface area contributed by atoms with E-state index in [4.69, 9.17) is 0 Å². The molecule has 1 unspecified atom stereocenters. The first-order chi connectivity index (χ1) is 8.57. The molecular formula is C14H23BrN2S. The van der Waals surface area contributed by atoms with Crippen LogP contribution in [0.15, 0.2) is 0 Å². The first-order valence-electron chi connectivity index (χ1n) is 7.05. The molecule has 0 aromatic carbocycles. The quantitative estimate of drug-likeness (QED) is 0.689. The lowest BCUT2D eigenvalue weighted by atomic mass is 9.79. The van der Waals surface area contributed by atoms with Crippen molar-refractivity contribution in [1.29, 1.82) is 0 Å². The summed E-state index contributed by atoms with van der Waals surface area (Å²) in [6.45, 7) is 6.82. The van der Waals surface area contributed by atoms with Gasteiger partial charge >= 0.3 is 0 Å². The molecule has 4 heteroatoms. The average Bonchev–Trinajstić information content (AvgIpc) is 2.96. The summed E-state index contributed by atoms with van der Waals surface area (Å²) in [7, 11) is 0. The van der Waals surface area contributed by atoms with Crippen LogP contribution in [0.4, 0.5) is 0 Å². The highest BCUT2D eigenvalue weighted by Crippen LogP contribution is 2.47. The highest BCUT2D eigenvalue weighted by molar-refractivity contribution is 9.09. The Morgan fingerprint density at radius 2 is 1.94 bits per heavy atom. The number of aromatic nitrogens is 2. The van der Waals surface area contributed by atoms with Crippen molar-refractivity contribution in [3.8, 4) is 0 Å². The van der Waals surface area contributed by atoms with Crippen molar-refractivity contribution >= 4 is 27.3 Å². The number of hydrogen-bond acceptors (Lipinski definition) is 3. The van der Waals surface area contributed by atoms with Crippen LogP contribution in [0.5, 0.6) is 0 Å². The lowest BCUT2D eigenvalue weighted by Gasteiger charge is -2.28. The first-order valence-corrected chi connectivity index (χ1v) is 8.78. The second kappa shape index (κ2) is 6.00. The molecule has 0 N–H and O–H groups in total. The third-order valence-electron chi connectivity index (χ3n) is 3.88. The summed E-state index contributed by atoms with van der Waals surface area (Å²) in [4.78, 5) is 0.376. The van der Waals surface area contributed by atoms with Gasteiger partial charge in [-0.25, -0.2) is 0 Å². The van der Waals surface area contributed by atoms with Crippen molar-refractivity contribution in [1.82, 2.24) is 10.2 Å². The summed E-state index contributed by atoms with van der Waals surface area (Å²) in [5, 5.41) is 11.4. The highest BCUT2D eigenvalue weighted by Gasteiger charge is 2.39. The SMILES string of the molecule is CCC(Br)c1nnc(C2(CC(C)C)CCCC2)s1. The molecule has 2 rings (SSSR count). The van der Waals surface area contributed by atoms with Gasteiger partial charge in [-0.3, -0.25) is 0 Å². The van der Waals surface area contributed by atoms with Gasteiger partial charge in [-0.15, -0.1) is 10.2 Å². The molecule has 0 spiro atoms. The highest BCUT2D eigenvalue weighted by atomic mass is 79.9. The Kier molecular flexibility index (Phi) is 4.81. The number of alkyl halides is 1.